The lowest BCUT2D eigenvalue weighted by Gasteiger charge is -2.18. The van der Waals surface area contributed by atoms with E-state index in [1.54, 1.807) is 48.3 Å². The van der Waals surface area contributed by atoms with Crippen molar-refractivity contribution in [2.24, 2.45) is 0 Å². The second-order valence-electron chi connectivity index (χ2n) is 6.51. The topological polar surface area (TPSA) is 71.8 Å². The molecule has 0 atom stereocenters. The van der Waals surface area contributed by atoms with Gasteiger partial charge in [0.1, 0.15) is 17.3 Å². The van der Waals surface area contributed by atoms with Crippen molar-refractivity contribution in [3.63, 3.8) is 0 Å². The van der Waals surface area contributed by atoms with Gasteiger partial charge in [-0.2, -0.15) is 0 Å². The van der Waals surface area contributed by atoms with E-state index in [1.807, 2.05) is 31.2 Å². The van der Waals surface area contributed by atoms with E-state index in [0.29, 0.717) is 29.3 Å². The van der Waals surface area contributed by atoms with E-state index >= 15 is 0 Å². The normalized spacial score (nSPS) is 10.4. The Morgan fingerprint density at radius 3 is 2.48 bits per heavy atom. The fraction of sp³-hybridized carbons (Fsp3) is 0.182. The summed E-state index contributed by atoms with van der Waals surface area (Å²) in [5, 5.41) is 2.75. The van der Waals surface area contributed by atoms with Crippen LogP contribution >= 0.6 is 15.9 Å². The lowest BCUT2D eigenvalue weighted by molar-refractivity contribution is -0.118. The van der Waals surface area contributed by atoms with Crippen LogP contribution in [0.2, 0.25) is 0 Å². The maximum atomic E-state index is 12.8. The molecule has 0 unspecified atom stereocenters. The fourth-order valence-corrected chi connectivity index (χ4v) is 2.99. The molecule has 0 aliphatic rings. The predicted molar refractivity (Wildman–Crippen MR) is 114 cm³/mol. The van der Waals surface area contributed by atoms with E-state index in [1.165, 1.54) is 0 Å². The molecule has 0 spiro atoms. The maximum Gasteiger partial charge on any atom is 0.262 e. The highest BCUT2D eigenvalue weighted by Crippen LogP contribution is 2.21. The molecule has 1 N–H and O–H groups in total. The number of hydrogen-bond acceptors (Lipinski definition) is 4. The number of aryl methyl sites for hydroxylation is 1. The molecular weight excluding hydrogens is 436 g/mol. The summed E-state index contributed by atoms with van der Waals surface area (Å²) >= 11 is 3.35. The number of para-hydroxylation sites is 1. The van der Waals surface area contributed by atoms with Crippen LogP contribution in [0.5, 0.6) is 5.75 Å². The number of amides is 2. The second-order valence-corrected chi connectivity index (χ2v) is 7.43. The van der Waals surface area contributed by atoms with Crippen LogP contribution < -0.4 is 10.1 Å². The summed E-state index contributed by atoms with van der Waals surface area (Å²) in [5.41, 5.74) is 1.05. The largest absolute Gasteiger partial charge is 0.483 e. The molecule has 6 nitrogen and oxygen atoms in total. The zero-order valence-electron chi connectivity index (χ0n) is 16.1. The average molecular weight is 457 g/mol. The molecule has 0 saturated heterocycles. The number of anilines is 1. The first-order chi connectivity index (χ1) is 13.9. The zero-order chi connectivity index (χ0) is 20.8. The maximum absolute atomic E-state index is 12.8. The van der Waals surface area contributed by atoms with Gasteiger partial charge in [0.25, 0.3) is 11.8 Å². The van der Waals surface area contributed by atoms with Gasteiger partial charge in [0.05, 0.1) is 12.1 Å². The number of nitrogens with zero attached hydrogens (tertiary/aromatic N) is 1. The molecule has 29 heavy (non-hydrogen) atoms. The molecule has 0 fully saturated rings. The Kier molecular flexibility index (Phi) is 6.72. The van der Waals surface area contributed by atoms with Crippen molar-refractivity contribution in [1.29, 1.82) is 0 Å². The lowest BCUT2D eigenvalue weighted by Crippen LogP contribution is -2.27. The third-order valence-corrected chi connectivity index (χ3v) is 4.67. The van der Waals surface area contributed by atoms with Gasteiger partial charge in [-0.15, -0.1) is 0 Å². The van der Waals surface area contributed by atoms with E-state index in [4.69, 9.17) is 9.15 Å². The number of furan rings is 1. The van der Waals surface area contributed by atoms with Crippen molar-refractivity contribution in [3.05, 3.63) is 82.2 Å². The Balaban J connectivity index is 1.62. The number of hydrogen-bond donors (Lipinski definition) is 1. The minimum Gasteiger partial charge on any atom is -0.483 e. The van der Waals surface area contributed by atoms with Crippen molar-refractivity contribution in [3.8, 4) is 5.75 Å². The van der Waals surface area contributed by atoms with Gasteiger partial charge >= 0.3 is 0 Å². The molecule has 3 rings (SSSR count). The van der Waals surface area contributed by atoms with Crippen molar-refractivity contribution in [2.75, 3.05) is 19.0 Å². The first kappa shape index (κ1) is 20.7. The van der Waals surface area contributed by atoms with Crippen molar-refractivity contribution in [2.45, 2.75) is 13.5 Å². The van der Waals surface area contributed by atoms with Crippen molar-refractivity contribution in [1.82, 2.24) is 4.90 Å². The molecule has 2 aromatic carbocycles. The summed E-state index contributed by atoms with van der Waals surface area (Å²) in [4.78, 5) is 26.6. The highest BCUT2D eigenvalue weighted by molar-refractivity contribution is 9.10. The number of carbonyl (C=O) groups excluding carboxylic acids is 2. The SMILES string of the molecule is Cc1ccc(CN(C)C(=O)c2ccccc2OCC(=O)Nc2ccc(Br)cc2)o1. The summed E-state index contributed by atoms with van der Waals surface area (Å²) in [6, 6.07) is 17.8. The fourth-order valence-electron chi connectivity index (χ4n) is 2.72. The van der Waals surface area contributed by atoms with E-state index in [2.05, 4.69) is 21.2 Å². The van der Waals surface area contributed by atoms with Crippen LogP contribution in [-0.2, 0) is 11.3 Å². The zero-order valence-corrected chi connectivity index (χ0v) is 17.7. The molecule has 0 radical (unpaired) electrons. The van der Waals surface area contributed by atoms with Gasteiger partial charge in [0.2, 0.25) is 0 Å². The summed E-state index contributed by atoms with van der Waals surface area (Å²) in [7, 11) is 1.69. The molecular formula is C22H21BrN2O4. The van der Waals surface area contributed by atoms with Gasteiger partial charge in [-0.1, -0.05) is 28.1 Å². The number of ether oxygens (including phenoxy) is 1. The molecule has 0 aliphatic heterocycles. The van der Waals surface area contributed by atoms with Crippen LogP contribution in [0.3, 0.4) is 0 Å². The van der Waals surface area contributed by atoms with E-state index < -0.39 is 0 Å². The van der Waals surface area contributed by atoms with Gasteiger partial charge in [-0.05, 0) is 55.5 Å². The summed E-state index contributed by atoms with van der Waals surface area (Å²) < 4.78 is 12.1. The Hall–Kier alpha value is -3.06. The van der Waals surface area contributed by atoms with Crippen molar-refractivity contribution < 1.29 is 18.7 Å². The quantitative estimate of drug-likeness (QED) is 0.561. The van der Waals surface area contributed by atoms with Crippen molar-refractivity contribution >= 4 is 33.4 Å². The molecule has 1 heterocycles. The third-order valence-electron chi connectivity index (χ3n) is 4.14. The van der Waals surface area contributed by atoms with Crippen LogP contribution in [0.1, 0.15) is 21.9 Å². The molecule has 2 amide bonds. The number of rotatable bonds is 7. The first-order valence-corrected chi connectivity index (χ1v) is 9.79. The van der Waals surface area contributed by atoms with Crippen LogP contribution in [0.25, 0.3) is 0 Å². The first-order valence-electron chi connectivity index (χ1n) is 9.00. The minimum absolute atomic E-state index is 0.207. The van der Waals surface area contributed by atoms with Crippen LogP contribution in [0, 0.1) is 6.92 Å². The molecule has 0 bridgehead atoms. The molecule has 1 aromatic heterocycles. The second kappa shape index (κ2) is 9.43. The predicted octanol–water partition coefficient (Wildman–Crippen LogP) is 4.64. The Morgan fingerprint density at radius 2 is 1.79 bits per heavy atom. The Morgan fingerprint density at radius 1 is 1.07 bits per heavy atom. The van der Waals surface area contributed by atoms with Crippen LogP contribution in [0.4, 0.5) is 5.69 Å². The van der Waals surface area contributed by atoms with Gasteiger partial charge < -0.3 is 19.4 Å². The number of nitrogens with one attached hydrogen (secondary N) is 1. The van der Waals surface area contributed by atoms with Crippen LogP contribution in [0.15, 0.2) is 69.6 Å². The summed E-state index contributed by atoms with van der Waals surface area (Å²) in [6.07, 6.45) is 0. The van der Waals surface area contributed by atoms with Gasteiger partial charge in [0.15, 0.2) is 6.61 Å². The number of carbonyl (C=O) groups is 2. The van der Waals surface area contributed by atoms with Gasteiger partial charge in [0, 0.05) is 17.2 Å². The monoisotopic (exact) mass is 456 g/mol. The lowest BCUT2D eigenvalue weighted by atomic mass is 10.1. The number of benzene rings is 2. The van der Waals surface area contributed by atoms with E-state index in [9.17, 15) is 9.59 Å². The number of halogens is 1. The van der Waals surface area contributed by atoms with E-state index in [-0.39, 0.29) is 18.4 Å². The van der Waals surface area contributed by atoms with E-state index in [0.717, 1.165) is 10.2 Å². The van der Waals surface area contributed by atoms with Gasteiger partial charge in [-0.25, -0.2) is 0 Å². The van der Waals surface area contributed by atoms with Gasteiger partial charge in [-0.3, -0.25) is 9.59 Å². The Bertz CT molecular complexity index is 998. The molecule has 7 heteroatoms. The third kappa shape index (κ3) is 5.71. The molecule has 0 aliphatic carbocycles. The summed E-state index contributed by atoms with van der Waals surface area (Å²) in [6.45, 7) is 1.99. The minimum atomic E-state index is -0.311. The molecule has 3 aromatic rings. The standard InChI is InChI=1S/C22H21BrN2O4/c1-15-7-12-18(29-15)13-25(2)22(27)19-5-3-4-6-20(19)28-14-21(26)24-17-10-8-16(23)9-11-17/h3-12H,13-14H2,1-2H3,(H,24,26). The molecule has 0 saturated carbocycles. The molecule has 150 valence electrons. The Labute approximate surface area is 177 Å². The summed E-state index contributed by atoms with van der Waals surface area (Å²) in [5.74, 6) is 1.31. The smallest absolute Gasteiger partial charge is 0.262 e. The average Bonchev–Trinajstić information content (AvgIpc) is 3.12. The highest BCUT2D eigenvalue weighted by Gasteiger charge is 2.18. The highest BCUT2D eigenvalue weighted by atomic mass is 79.9. The van der Waals surface area contributed by atoms with Crippen LogP contribution in [-0.4, -0.2) is 30.4 Å².